The van der Waals surface area contributed by atoms with Gasteiger partial charge in [0.1, 0.15) is 5.75 Å². The zero-order valence-electron chi connectivity index (χ0n) is 11.5. The van der Waals surface area contributed by atoms with E-state index in [1.54, 1.807) is 12.1 Å². The molecule has 1 aromatic carbocycles. The Bertz CT molecular complexity index is 404. The third kappa shape index (κ3) is 3.94. The lowest BCUT2D eigenvalue weighted by molar-refractivity contribution is -0.141. The van der Waals surface area contributed by atoms with Gasteiger partial charge in [0.25, 0.3) is 0 Å². The van der Waals surface area contributed by atoms with Crippen LogP contribution in [0.25, 0.3) is 0 Å². The standard InChI is InChI=1S/C13H18O6/c1-15-10-7-9(19-6-5-12(14)17-3)8-11(16-2)13(10)18-4/h7-8H,5-6H2,1-4H3. The van der Waals surface area contributed by atoms with Gasteiger partial charge >= 0.3 is 5.97 Å². The van der Waals surface area contributed by atoms with Crippen molar-refractivity contribution in [3.05, 3.63) is 12.1 Å². The highest BCUT2D eigenvalue weighted by Gasteiger charge is 2.14. The number of esters is 1. The van der Waals surface area contributed by atoms with Crippen LogP contribution in [-0.4, -0.2) is 41.0 Å². The van der Waals surface area contributed by atoms with Gasteiger partial charge in [-0.05, 0) is 0 Å². The van der Waals surface area contributed by atoms with Crippen LogP contribution < -0.4 is 18.9 Å². The molecular formula is C13H18O6. The number of carbonyl (C=O) groups is 1. The maximum atomic E-state index is 11.0. The first-order valence-electron chi connectivity index (χ1n) is 5.65. The summed E-state index contributed by atoms with van der Waals surface area (Å²) in [5.74, 6) is 1.68. The minimum atomic E-state index is -0.326. The highest BCUT2D eigenvalue weighted by atomic mass is 16.5. The van der Waals surface area contributed by atoms with E-state index in [2.05, 4.69) is 4.74 Å². The van der Waals surface area contributed by atoms with Gasteiger partial charge in [-0.15, -0.1) is 0 Å². The Labute approximate surface area is 112 Å². The summed E-state index contributed by atoms with van der Waals surface area (Å²) < 4.78 is 25.5. The van der Waals surface area contributed by atoms with Crippen LogP contribution in [0.1, 0.15) is 6.42 Å². The normalized spacial score (nSPS) is 9.68. The van der Waals surface area contributed by atoms with Crippen molar-refractivity contribution in [2.45, 2.75) is 6.42 Å². The summed E-state index contributed by atoms with van der Waals surface area (Å²) in [5.41, 5.74) is 0. The summed E-state index contributed by atoms with van der Waals surface area (Å²) in [6.07, 6.45) is 0.174. The first-order valence-corrected chi connectivity index (χ1v) is 5.65. The van der Waals surface area contributed by atoms with Crippen LogP contribution in [0, 0.1) is 0 Å². The Hall–Kier alpha value is -2.11. The number of hydrogen-bond donors (Lipinski definition) is 0. The number of hydrogen-bond acceptors (Lipinski definition) is 6. The van der Waals surface area contributed by atoms with Crippen molar-refractivity contribution < 1.29 is 28.5 Å². The molecule has 0 aliphatic heterocycles. The first-order chi connectivity index (χ1) is 9.15. The lowest BCUT2D eigenvalue weighted by Crippen LogP contribution is -2.07. The fraction of sp³-hybridized carbons (Fsp3) is 0.462. The molecule has 0 bridgehead atoms. The van der Waals surface area contributed by atoms with Gasteiger partial charge in [-0.2, -0.15) is 0 Å². The number of carbonyl (C=O) groups excluding carboxylic acids is 1. The molecule has 0 aromatic heterocycles. The number of ether oxygens (including phenoxy) is 5. The monoisotopic (exact) mass is 270 g/mol. The molecule has 19 heavy (non-hydrogen) atoms. The quantitative estimate of drug-likeness (QED) is 0.702. The Morgan fingerprint density at radius 3 is 2.00 bits per heavy atom. The largest absolute Gasteiger partial charge is 0.493 e. The number of rotatable bonds is 7. The van der Waals surface area contributed by atoms with Gasteiger partial charge in [0.05, 0.1) is 41.5 Å². The van der Waals surface area contributed by atoms with Gasteiger partial charge < -0.3 is 23.7 Å². The van der Waals surface area contributed by atoms with Crippen LogP contribution in [0.3, 0.4) is 0 Å². The van der Waals surface area contributed by atoms with Crippen LogP contribution in [-0.2, 0) is 9.53 Å². The Morgan fingerprint density at radius 2 is 1.58 bits per heavy atom. The molecule has 6 heteroatoms. The van der Waals surface area contributed by atoms with Gasteiger partial charge in [-0.3, -0.25) is 4.79 Å². The van der Waals surface area contributed by atoms with Crippen LogP contribution in [0.15, 0.2) is 12.1 Å². The molecule has 0 atom stereocenters. The third-order valence-corrected chi connectivity index (χ3v) is 2.44. The van der Waals surface area contributed by atoms with E-state index in [1.165, 1.54) is 28.4 Å². The minimum absolute atomic E-state index is 0.174. The second-order valence-corrected chi connectivity index (χ2v) is 3.54. The SMILES string of the molecule is COC(=O)CCOc1cc(OC)c(OC)c(OC)c1. The van der Waals surface area contributed by atoms with Crippen molar-refractivity contribution in [3.63, 3.8) is 0 Å². The zero-order valence-corrected chi connectivity index (χ0v) is 11.5. The highest BCUT2D eigenvalue weighted by molar-refractivity contribution is 5.69. The lowest BCUT2D eigenvalue weighted by atomic mass is 10.2. The fourth-order valence-corrected chi connectivity index (χ4v) is 1.49. The fourth-order valence-electron chi connectivity index (χ4n) is 1.49. The number of methoxy groups -OCH3 is 4. The third-order valence-electron chi connectivity index (χ3n) is 2.44. The molecule has 0 radical (unpaired) electrons. The van der Waals surface area contributed by atoms with E-state index in [-0.39, 0.29) is 19.0 Å². The second kappa shape index (κ2) is 7.35. The molecule has 6 nitrogen and oxygen atoms in total. The molecule has 106 valence electrons. The van der Waals surface area contributed by atoms with E-state index in [4.69, 9.17) is 18.9 Å². The molecule has 0 saturated heterocycles. The van der Waals surface area contributed by atoms with E-state index >= 15 is 0 Å². The van der Waals surface area contributed by atoms with Gasteiger partial charge in [-0.25, -0.2) is 0 Å². The van der Waals surface area contributed by atoms with Crippen molar-refractivity contribution >= 4 is 5.97 Å². The average molecular weight is 270 g/mol. The summed E-state index contributed by atoms with van der Waals surface area (Å²) in [7, 11) is 5.91. The molecule has 0 spiro atoms. The second-order valence-electron chi connectivity index (χ2n) is 3.54. The number of benzene rings is 1. The smallest absolute Gasteiger partial charge is 0.308 e. The van der Waals surface area contributed by atoms with E-state index in [0.717, 1.165) is 0 Å². The van der Waals surface area contributed by atoms with E-state index in [1.807, 2.05) is 0 Å². The van der Waals surface area contributed by atoms with Gasteiger partial charge in [0, 0.05) is 12.1 Å². The van der Waals surface area contributed by atoms with E-state index in [9.17, 15) is 4.79 Å². The van der Waals surface area contributed by atoms with Crippen molar-refractivity contribution in [3.8, 4) is 23.0 Å². The predicted octanol–water partition coefficient (Wildman–Crippen LogP) is 1.65. The van der Waals surface area contributed by atoms with Gasteiger partial charge in [0.2, 0.25) is 5.75 Å². The Morgan fingerprint density at radius 1 is 1.00 bits per heavy atom. The summed E-state index contributed by atoms with van der Waals surface area (Å²) in [5, 5.41) is 0. The molecule has 0 unspecified atom stereocenters. The van der Waals surface area contributed by atoms with Crippen LogP contribution in [0.4, 0.5) is 0 Å². The maximum Gasteiger partial charge on any atom is 0.308 e. The predicted molar refractivity (Wildman–Crippen MR) is 68.2 cm³/mol. The van der Waals surface area contributed by atoms with Crippen LogP contribution in [0.2, 0.25) is 0 Å². The topological polar surface area (TPSA) is 63.2 Å². The Kier molecular flexibility index (Phi) is 5.78. The highest BCUT2D eigenvalue weighted by Crippen LogP contribution is 2.40. The molecule has 1 rings (SSSR count). The van der Waals surface area contributed by atoms with Crippen LogP contribution >= 0.6 is 0 Å². The van der Waals surface area contributed by atoms with Crippen molar-refractivity contribution in [2.24, 2.45) is 0 Å². The lowest BCUT2D eigenvalue weighted by Gasteiger charge is -2.14. The average Bonchev–Trinajstić information content (AvgIpc) is 2.45. The summed E-state index contributed by atoms with van der Waals surface area (Å²) in [6, 6.07) is 3.33. The summed E-state index contributed by atoms with van der Waals surface area (Å²) in [6.45, 7) is 0.214. The van der Waals surface area contributed by atoms with Crippen molar-refractivity contribution in [1.82, 2.24) is 0 Å². The summed E-state index contributed by atoms with van der Waals surface area (Å²) in [4.78, 5) is 11.0. The minimum Gasteiger partial charge on any atom is -0.493 e. The van der Waals surface area contributed by atoms with Gasteiger partial charge in [-0.1, -0.05) is 0 Å². The van der Waals surface area contributed by atoms with Crippen molar-refractivity contribution in [1.29, 1.82) is 0 Å². The molecule has 0 aliphatic rings. The van der Waals surface area contributed by atoms with Gasteiger partial charge in [0.15, 0.2) is 11.5 Å². The molecule has 0 fully saturated rings. The summed E-state index contributed by atoms with van der Waals surface area (Å²) >= 11 is 0. The molecule has 0 amide bonds. The zero-order chi connectivity index (χ0) is 14.3. The van der Waals surface area contributed by atoms with E-state index in [0.29, 0.717) is 23.0 Å². The van der Waals surface area contributed by atoms with Crippen molar-refractivity contribution in [2.75, 3.05) is 35.0 Å². The first kappa shape index (κ1) is 14.9. The molecule has 0 aliphatic carbocycles. The molecule has 0 heterocycles. The molecular weight excluding hydrogens is 252 g/mol. The molecule has 1 aromatic rings. The van der Waals surface area contributed by atoms with Crippen LogP contribution in [0.5, 0.6) is 23.0 Å². The Balaban J connectivity index is 2.81. The van der Waals surface area contributed by atoms with E-state index < -0.39 is 0 Å². The maximum absolute atomic E-state index is 11.0. The molecule has 0 saturated carbocycles. The molecule has 0 N–H and O–H groups in total.